The second kappa shape index (κ2) is 10.1. The Morgan fingerprint density at radius 2 is 1.96 bits per heavy atom. The van der Waals surface area contributed by atoms with Gasteiger partial charge in [-0.3, -0.25) is 9.59 Å². The SMILES string of the molecule is CC(C)[C@H](N)C(=O)NCC(=O)NCc1ccc(CO)c(F)c1.Cl. The summed E-state index contributed by atoms with van der Waals surface area (Å²) in [4.78, 5) is 23.2. The van der Waals surface area contributed by atoms with E-state index in [0.29, 0.717) is 5.56 Å². The minimum absolute atomic E-state index is 0. The first-order valence-electron chi connectivity index (χ1n) is 7.03. The maximum absolute atomic E-state index is 13.4. The number of carbonyl (C=O) groups is 2. The van der Waals surface area contributed by atoms with Gasteiger partial charge in [-0.05, 0) is 17.5 Å². The molecule has 1 atom stereocenters. The molecule has 0 radical (unpaired) electrons. The van der Waals surface area contributed by atoms with Crippen LogP contribution in [0.2, 0.25) is 0 Å². The van der Waals surface area contributed by atoms with Crippen molar-refractivity contribution >= 4 is 24.2 Å². The van der Waals surface area contributed by atoms with Gasteiger partial charge in [0.15, 0.2) is 0 Å². The maximum atomic E-state index is 13.4. The van der Waals surface area contributed by atoms with Gasteiger partial charge in [0.2, 0.25) is 11.8 Å². The smallest absolute Gasteiger partial charge is 0.239 e. The Kier molecular flexibility index (Phi) is 9.40. The lowest BCUT2D eigenvalue weighted by Gasteiger charge is -2.15. The van der Waals surface area contributed by atoms with E-state index in [1.165, 1.54) is 12.1 Å². The van der Waals surface area contributed by atoms with Crippen molar-refractivity contribution in [2.24, 2.45) is 11.7 Å². The number of halogens is 2. The fourth-order valence-electron chi connectivity index (χ4n) is 1.68. The summed E-state index contributed by atoms with van der Waals surface area (Å²) >= 11 is 0. The minimum atomic E-state index is -0.659. The molecule has 2 amide bonds. The van der Waals surface area contributed by atoms with Crippen molar-refractivity contribution in [3.05, 3.63) is 35.1 Å². The number of aliphatic hydroxyl groups excluding tert-OH is 1. The molecule has 0 aliphatic carbocycles. The average molecular weight is 348 g/mol. The quantitative estimate of drug-likeness (QED) is 0.575. The van der Waals surface area contributed by atoms with Gasteiger partial charge in [-0.25, -0.2) is 4.39 Å². The predicted molar refractivity (Wildman–Crippen MR) is 87.2 cm³/mol. The lowest BCUT2D eigenvalue weighted by molar-refractivity contribution is -0.127. The van der Waals surface area contributed by atoms with E-state index in [1.54, 1.807) is 6.07 Å². The number of carbonyl (C=O) groups excluding carboxylic acids is 2. The highest BCUT2D eigenvalue weighted by atomic mass is 35.5. The van der Waals surface area contributed by atoms with Crippen molar-refractivity contribution in [2.45, 2.75) is 33.0 Å². The molecule has 0 spiro atoms. The fraction of sp³-hybridized carbons (Fsp3) is 0.467. The van der Waals surface area contributed by atoms with E-state index in [2.05, 4.69) is 10.6 Å². The zero-order valence-corrected chi connectivity index (χ0v) is 14.0. The largest absolute Gasteiger partial charge is 0.392 e. The van der Waals surface area contributed by atoms with Gasteiger partial charge in [0, 0.05) is 12.1 Å². The highest BCUT2D eigenvalue weighted by molar-refractivity contribution is 5.87. The van der Waals surface area contributed by atoms with Gasteiger partial charge in [0.1, 0.15) is 5.82 Å². The van der Waals surface area contributed by atoms with E-state index < -0.39 is 17.8 Å². The van der Waals surface area contributed by atoms with Gasteiger partial charge in [0.05, 0.1) is 19.2 Å². The molecular formula is C15H23ClFN3O3. The zero-order chi connectivity index (χ0) is 16.7. The third kappa shape index (κ3) is 6.94. The van der Waals surface area contributed by atoms with Gasteiger partial charge >= 0.3 is 0 Å². The van der Waals surface area contributed by atoms with Crippen LogP contribution in [0.15, 0.2) is 18.2 Å². The number of nitrogens with two attached hydrogens (primary N) is 1. The number of aliphatic hydroxyl groups is 1. The molecule has 1 rings (SSSR count). The molecular weight excluding hydrogens is 325 g/mol. The monoisotopic (exact) mass is 347 g/mol. The van der Waals surface area contributed by atoms with E-state index in [-0.39, 0.29) is 49.5 Å². The molecule has 1 aromatic rings. The Morgan fingerprint density at radius 1 is 1.30 bits per heavy atom. The summed E-state index contributed by atoms with van der Waals surface area (Å²) in [6, 6.07) is 3.66. The molecule has 8 heteroatoms. The molecule has 1 aromatic carbocycles. The Morgan fingerprint density at radius 3 is 2.48 bits per heavy atom. The lowest BCUT2D eigenvalue weighted by atomic mass is 10.1. The number of benzene rings is 1. The first kappa shape index (κ1) is 21.3. The lowest BCUT2D eigenvalue weighted by Crippen LogP contribution is -2.47. The zero-order valence-electron chi connectivity index (χ0n) is 13.1. The molecule has 0 bridgehead atoms. The summed E-state index contributed by atoms with van der Waals surface area (Å²) in [6.45, 7) is 3.20. The topological polar surface area (TPSA) is 104 Å². The van der Waals surface area contributed by atoms with Crippen LogP contribution in [0.25, 0.3) is 0 Å². The van der Waals surface area contributed by atoms with Crippen LogP contribution in [0.3, 0.4) is 0 Å². The molecule has 0 heterocycles. The van der Waals surface area contributed by atoms with Crippen molar-refractivity contribution in [3.63, 3.8) is 0 Å². The maximum Gasteiger partial charge on any atom is 0.239 e. The molecule has 0 aliphatic rings. The van der Waals surface area contributed by atoms with Crippen LogP contribution in [0.1, 0.15) is 25.0 Å². The van der Waals surface area contributed by atoms with E-state index in [4.69, 9.17) is 10.8 Å². The van der Waals surface area contributed by atoms with Gasteiger partial charge < -0.3 is 21.5 Å². The number of nitrogens with one attached hydrogen (secondary N) is 2. The standard InChI is InChI=1S/C15H22FN3O3.ClH/c1-9(2)14(17)15(22)19-7-13(21)18-6-10-3-4-11(8-20)12(16)5-10;/h3-5,9,14,20H,6-8,17H2,1-2H3,(H,18,21)(H,19,22);1H/t14-;/m0./s1. The van der Waals surface area contributed by atoms with E-state index in [0.717, 1.165) is 0 Å². The van der Waals surface area contributed by atoms with Crippen molar-refractivity contribution in [2.75, 3.05) is 6.54 Å². The second-order valence-electron chi connectivity index (χ2n) is 5.35. The van der Waals surface area contributed by atoms with E-state index in [9.17, 15) is 14.0 Å². The molecule has 5 N–H and O–H groups in total. The second-order valence-corrected chi connectivity index (χ2v) is 5.35. The predicted octanol–water partition coefficient (Wildman–Crippen LogP) is 0.456. The highest BCUT2D eigenvalue weighted by Crippen LogP contribution is 2.10. The molecule has 130 valence electrons. The van der Waals surface area contributed by atoms with E-state index >= 15 is 0 Å². The van der Waals surface area contributed by atoms with Crippen molar-refractivity contribution < 1.29 is 19.1 Å². The van der Waals surface area contributed by atoms with Crippen molar-refractivity contribution in [3.8, 4) is 0 Å². The van der Waals surface area contributed by atoms with Crippen molar-refractivity contribution in [1.29, 1.82) is 0 Å². The molecule has 0 aliphatic heterocycles. The fourth-order valence-corrected chi connectivity index (χ4v) is 1.68. The van der Waals surface area contributed by atoms with Crippen LogP contribution in [-0.2, 0) is 22.7 Å². The molecule has 6 nitrogen and oxygen atoms in total. The number of rotatable bonds is 7. The highest BCUT2D eigenvalue weighted by Gasteiger charge is 2.17. The third-order valence-corrected chi connectivity index (χ3v) is 3.22. The molecule has 0 aromatic heterocycles. The number of hydrogen-bond donors (Lipinski definition) is 4. The Hall–Kier alpha value is -1.70. The molecule has 0 fully saturated rings. The molecule has 0 unspecified atom stereocenters. The van der Waals surface area contributed by atoms with Crippen LogP contribution in [0.4, 0.5) is 4.39 Å². The first-order valence-corrected chi connectivity index (χ1v) is 7.03. The molecule has 0 saturated heterocycles. The van der Waals surface area contributed by atoms with Gasteiger partial charge in [-0.15, -0.1) is 12.4 Å². The Balaban J connectivity index is 0.00000484. The van der Waals surface area contributed by atoms with Gasteiger partial charge in [-0.1, -0.05) is 26.0 Å². The molecule has 23 heavy (non-hydrogen) atoms. The average Bonchev–Trinajstić information content (AvgIpc) is 2.49. The molecule has 0 saturated carbocycles. The van der Waals surface area contributed by atoms with Gasteiger partial charge in [0.25, 0.3) is 0 Å². The summed E-state index contributed by atoms with van der Waals surface area (Å²) < 4.78 is 13.4. The van der Waals surface area contributed by atoms with Gasteiger partial charge in [-0.2, -0.15) is 0 Å². The normalized spacial score (nSPS) is 11.6. The number of amides is 2. The van der Waals surface area contributed by atoms with Crippen LogP contribution in [0.5, 0.6) is 0 Å². The van der Waals surface area contributed by atoms with Crippen LogP contribution >= 0.6 is 12.4 Å². The first-order chi connectivity index (χ1) is 10.3. The third-order valence-electron chi connectivity index (χ3n) is 3.22. The summed E-state index contributed by atoms with van der Waals surface area (Å²) in [7, 11) is 0. The Labute approximate surface area is 141 Å². The van der Waals surface area contributed by atoms with Crippen molar-refractivity contribution in [1.82, 2.24) is 10.6 Å². The van der Waals surface area contributed by atoms with Crippen LogP contribution < -0.4 is 16.4 Å². The minimum Gasteiger partial charge on any atom is -0.392 e. The summed E-state index contributed by atoms with van der Waals surface area (Å²) in [5.41, 5.74) is 6.41. The van der Waals surface area contributed by atoms with Crippen LogP contribution in [-0.4, -0.2) is 29.5 Å². The number of hydrogen-bond acceptors (Lipinski definition) is 4. The summed E-state index contributed by atoms with van der Waals surface area (Å²) in [5, 5.41) is 13.9. The Bertz CT molecular complexity index is 541. The summed E-state index contributed by atoms with van der Waals surface area (Å²) in [6.07, 6.45) is 0. The van der Waals surface area contributed by atoms with E-state index in [1.807, 2.05) is 13.8 Å². The summed E-state index contributed by atoms with van der Waals surface area (Å²) in [5.74, 6) is -1.32. The van der Waals surface area contributed by atoms with Crippen LogP contribution in [0, 0.1) is 11.7 Å².